The van der Waals surface area contributed by atoms with Gasteiger partial charge in [0.15, 0.2) is 0 Å². The number of carbonyl (C=O) groups is 2. The van der Waals surface area contributed by atoms with Gasteiger partial charge in [0.05, 0.1) is 13.2 Å². The van der Waals surface area contributed by atoms with E-state index in [2.05, 4.69) is 0 Å². The largest absolute Gasteiger partial charge is 0.465 e. The lowest BCUT2D eigenvalue weighted by Crippen LogP contribution is -2.12. The molecule has 0 radical (unpaired) electrons. The van der Waals surface area contributed by atoms with E-state index in [1.54, 1.807) is 0 Å². The predicted molar refractivity (Wildman–Crippen MR) is 35.8 cm³/mol. The first-order valence-electron chi connectivity index (χ1n) is 3.60. The van der Waals surface area contributed by atoms with Crippen molar-refractivity contribution < 1.29 is 19.1 Å². The molecule has 1 rings (SSSR count). The van der Waals surface area contributed by atoms with Crippen LogP contribution < -0.4 is 0 Å². The van der Waals surface area contributed by atoms with Crippen molar-refractivity contribution in [3.63, 3.8) is 0 Å². The summed E-state index contributed by atoms with van der Waals surface area (Å²) in [6, 6.07) is 0. The van der Waals surface area contributed by atoms with Crippen molar-refractivity contribution in [1.29, 1.82) is 0 Å². The molecular weight excluding hydrogens is 148 g/mol. The second kappa shape index (κ2) is 3.95. The monoisotopic (exact) mass is 158 g/mol. The molecule has 0 aromatic rings. The second-order valence-electron chi connectivity index (χ2n) is 2.32. The molecule has 1 aliphatic heterocycles. The molecule has 1 aliphatic rings. The van der Waals surface area contributed by atoms with Crippen LogP contribution >= 0.6 is 0 Å². The van der Waals surface area contributed by atoms with Crippen molar-refractivity contribution in [2.24, 2.45) is 0 Å². The van der Waals surface area contributed by atoms with Crippen LogP contribution in [-0.2, 0) is 19.1 Å². The van der Waals surface area contributed by atoms with E-state index in [4.69, 9.17) is 9.47 Å². The van der Waals surface area contributed by atoms with Gasteiger partial charge in [-0.1, -0.05) is 0 Å². The van der Waals surface area contributed by atoms with Gasteiger partial charge in [-0.3, -0.25) is 9.59 Å². The summed E-state index contributed by atoms with van der Waals surface area (Å²) in [7, 11) is 0. The second-order valence-corrected chi connectivity index (χ2v) is 2.32. The summed E-state index contributed by atoms with van der Waals surface area (Å²) in [5.74, 6) is -0.978. The fourth-order valence-electron chi connectivity index (χ4n) is 0.796. The van der Waals surface area contributed by atoms with Gasteiger partial charge in [-0.2, -0.15) is 0 Å². The van der Waals surface area contributed by atoms with Crippen molar-refractivity contribution in [2.75, 3.05) is 13.2 Å². The number of rotatable bonds is 0. The summed E-state index contributed by atoms with van der Waals surface area (Å²) in [5, 5.41) is 0. The minimum absolute atomic E-state index is 0.250. The zero-order valence-electron chi connectivity index (χ0n) is 6.17. The van der Waals surface area contributed by atoms with Crippen LogP contribution in [0.2, 0.25) is 0 Å². The maximum absolute atomic E-state index is 10.7. The Labute approximate surface area is 64.5 Å². The fourth-order valence-corrected chi connectivity index (χ4v) is 0.796. The highest BCUT2D eigenvalue weighted by atomic mass is 16.6. The first-order chi connectivity index (χ1) is 5.29. The van der Waals surface area contributed by atoms with Gasteiger partial charge < -0.3 is 9.47 Å². The molecule has 0 aromatic heterocycles. The van der Waals surface area contributed by atoms with Crippen molar-refractivity contribution in [3.8, 4) is 0 Å². The summed E-state index contributed by atoms with van der Waals surface area (Å²) < 4.78 is 9.39. The SMILES string of the molecule is O=C1CC(=O)OCCCCO1. The number of cyclic esters (lactones) is 2. The molecule has 0 N–H and O–H groups in total. The Bertz CT molecular complexity index is 146. The highest BCUT2D eigenvalue weighted by molar-refractivity contribution is 5.91. The topological polar surface area (TPSA) is 52.6 Å². The normalized spacial score (nSPS) is 20.7. The minimum atomic E-state index is -0.489. The van der Waals surface area contributed by atoms with E-state index in [-0.39, 0.29) is 6.42 Å². The van der Waals surface area contributed by atoms with Gasteiger partial charge in [0.2, 0.25) is 0 Å². The molecule has 0 amide bonds. The van der Waals surface area contributed by atoms with Gasteiger partial charge in [0.1, 0.15) is 6.42 Å². The molecule has 4 nitrogen and oxygen atoms in total. The molecule has 11 heavy (non-hydrogen) atoms. The third kappa shape index (κ3) is 3.02. The van der Waals surface area contributed by atoms with E-state index >= 15 is 0 Å². The maximum Gasteiger partial charge on any atom is 0.317 e. The molecule has 0 atom stereocenters. The summed E-state index contributed by atoms with van der Waals surface area (Å²) in [6.07, 6.45) is 1.28. The van der Waals surface area contributed by atoms with Crippen molar-refractivity contribution in [2.45, 2.75) is 19.3 Å². The van der Waals surface area contributed by atoms with Crippen molar-refractivity contribution in [1.82, 2.24) is 0 Å². The highest BCUT2D eigenvalue weighted by Gasteiger charge is 2.13. The zero-order chi connectivity index (χ0) is 8.10. The average molecular weight is 158 g/mol. The Morgan fingerprint density at radius 3 is 1.82 bits per heavy atom. The standard InChI is InChI=1S/C7H10O4/c8-6-5-7(9)11-4-2-1-3-10-6/h1-5H2. The van der Waals surface area contributed by atoms with Gasteiger partial charge >= 0.3 is 11.9 Å². The molecule has 0 spiro atoms. The van der Waals surface area contributed by atoms with Crippen LogP contribution in [0.1, 0.15) is 19.3 Å². The Kier molecular flexibility index (Phi) is 2.89. The van der Waals surface area contributed by atoms with Gasteiger partial charge in [0, 0.05) is 0 Å². The molecule has 0 aromatic carbocycles. The predicted octanol–water partition coefficient (Wildman–Crippen LogP) is 0.257. The average Bonchev–Trinajstić information content (AvgIpc) is 2.02. The minimum Gasteiger partial charge on any atom is -0.465 e. The van der Waals surface area contributed by atoms with Gasteiger partial charge in [0.25, 0.3) is 0 Å². The van der Waals surface area contributed by atoms with E-state index in [0.717, 1.165) is 12.8 Å². The molecule has 62 valence electrons. The van der Waals surface area contributed by atoms with E-state index in [1.807, 2.05) is 0 Å². The number of ether oxygens (including phenoxy) is 2. The number of esters is 2. The maximum atomic E-state index is 10.7. The van der Waals surface area contributed by atoms with Crippen LogP contribution in [0.4, 0.5) is 0 Å². The number of carbonyl (C=O) groups excluding carboxylic acids is 2. The lowest BCUT2D eigenvalue weighted by Gasteiger charge is -1.98. The van der Waals surface area contributed by atoms with E-state index in [9.17, 15) is 9.59 Å². The molecular formula is C7H10O4. The first-order valence-corrected chi connectivity index (χ1v) is 3.60. The molecule has 0 aliphatic carbocycles. The quantitative estimate of drug-likeness (QED) is 0.374. The van der Waals surface area contributed by atoms with Crippen LogP contribution in [0.3, 0.4) is 0 Å². The fraction of sp³-hybridized carbons (Fsp3) is 0.714. The molecule has 1 fully saturated rings. The van der Waals surface area contributed by atoms with Gasteiger partial charge in [-0.25, -0.2) is 0 Å². The molecule has 1 saturated heterocycles. The van der Waals surface area contributed by atoms with Crippen LogP contribution in [0, 0.1) is 0 Å². The Morgan fingerprint density at radius 1 is 0.909 bits per heavy atom. The third-order valence-electron chi connectivity index (χ3n) is 1.35. The lowest BCUT2D eigenvalue weighted by atomic mass is 10.3. The molecule has 1 heterocycles. The Morgan fingerprint density at radius 2 is 1.36 bits per heavy atom. The van der Waals surface area contributed by atoms with E-state index < -0.39 is 11.9 Å². The molecule has 4 heteroatoms. The van der Waals surface area contributed by atoms with Crippen molar-refractivity contribution in [3.05, 3.63) is 0 Å². The van der Waals surface area contributed by atoms with Gasteiger partial charge in [-0.05, 0) is 12.8 Å². The van der Waals surface area contributed by atoms with Crippen LogP contribution in [0.15, 0.2) is 0 Å². The van der Waals surface area contributed by atoms with Crippen LogP contribution in [0.5, 0.6) is 0 Å². The van der Waals surface area contributed by atoms with Crippen LogP contribution in [0.25, 0.3) is 0 Å². The summed E-state index contributed by atoms with van der Waals surface area (Å²) in [6.45, 7) is 0.797. The summed E-state index contributed by atoms with van der Waals surface area (Å²) in [5.41, 5.74) is 0. The Hall–Kier alpha value is -1.06. The van der Waals surface area contributed by atoms with Crippen LogP contribution in [-0.4, -0.2) is 25.2 Å². The molecule has 0 saturated carbocycles. The number of hydrogen-bond acceptors (Lipinski definition) is 4. The third-order valence-corrected chi connectivity index (χ3v) is 1.35. The summed E-state index contributed by atoms with van der Waals surface area (Å²) in [4.78, 5) is 21.4. The number of hydrogen-bond donors (Lipinski definition) is 0. The first kappa shape index (κ1) is 8.04. The van der Waals surface area contributed by atoms with Gasteiger partial charge in [-0.15, -0.1) is 0 Å². The zero-order valence-corrected chi connectivity index (χ0v) is 6.17. The van der Waals surface area contributed by atoms with Crippen molar-refractivity contribution >= 4 is 11.9 Å². The Balaban J connectivity index is 2.39. The smallest absolute Gasteiger partial charge is 0.317 e. The highest BCUT2D eigenvalue weighted by Crippen LogP contribution is 1.99. The van der Waals surface area contributed by atoms with E-state index in [1.165, 1.54) is 0 Å². The lowest BCUT2D eigenvalue weighted by molar-refractivity contribution is -0.153. The molecule has 0 unspecified atom stereocenters. The summed E-state index contributed by atoms with van der Waals surface area (Å²) >= 11 is 0. The van der Waals surface area contributed by atoms with E-state index in [0.29, 0.717) is 13.2 Å². The molecule has 0 bridgehead atoms.